The number of carbonyl (C=O) groups is 1. The summed E-state index contributed by atoms with van der Waals surface area (Å²) in [6.07, 6.45) is -1.94. The lowest BCUT2D eigenvalue weighted by Crippen LogP contribution is -2.29. The largest absolute Gasteiger partial charge is 0.419 e. The van der Waals surface area contributed by atoms with Crippen molar-refractivity contribution in [2.75, 3.05) is 18.4 Å². The summed E-state index contributed by atoms with van der Waals surface area (Å²) in [4.78, 5) is 19.8. The summed E-state index contributed by atoms with van der Waals surface area (Å²) >= 11 is 0. The Labute approximate surface area is 161 Å². The van der Waals surface area contributed by atoms with Crippen LogP contribution in [0.4, 0.5) is 19.0 Å². The van der Waals surface area contributed by atoms with Crippen LogP contribution in [-0.4, -0.2) is 34.1 Å². The van der Waals surface area contributed by atoms with Gasteiger partial charge in [0.2, 0.25) is 11.8 Å². The summed E-state index contributed by atoms with van der Waals surface area (Å²) < 4.78 is 43.8. The topological polar surface area (TPSA) is 92.9 Å². The van der Waals surface area contributed by atoms with Crippen LogP contribution in [0.15, 0.2) is 22.9 Å². The number of hydrogen-bond acceptors (Lipinski definition) is 6. The standard InChI is InChI=1S/C18H24F3N5O2/c1-17(2,3)16-25-14(28-26-16)8-4-7-13(27)22-10-11-24-15-12(18(19,20)21)6-5-9-23-15/h5-6,9H,4,7-8,10-11H2,1-3H3,(H,22,27)(H,23,24). The number of nitrogens with one attached hydrogen (secondary N) is 2. The first-order valence-electron chi connectivity index (χ1n) is 8.93. The van der Waals surface area contributed by atoms with Gasteiger partial charge in [-0.05, 0) is 18.6 Å². The van der Waals surface area contributed by atoms with Gasteiger partial charge in [0.25, 0.3) is 0 Å². The van der Waals surface area contributed by atoms with Crippen LogP contribution in [0.25, 0.3) is 0 Å². The first-order valence-corrected chi connectivity index (χ1v) is 8.93. The molecule has 0 bridgehead atoms. The van der Waals surface area contributed by atoms with Crippen LogP contribution in [0.5, 0.6) is 0 Å². The SMILES string of the molecule is CC(C)(C)c1noc(CCCC(=O)NCCNc2ncccc2C(F)(F)F)n1. The molecule has 2 aromatic rings. The molecule has 0 aromatic carbocycles. The molecule has 0 aliphatic rings. The van der Waals surface area contributed by atoms with Crippen molar-refractivity contribution < 1.29 is 22.5 Å². The van der Waals surface area contributed by atoms with Crippen molar-refractivity contribution in [3.05, 3.63) is 35.6 Å². The number of rotatable bonds is 8. The second kappa shape index (κ2) is 9.03. The van der Waals surface area contributed by atoms with Gasteiger partial charge in [0.1, 0.15) is 5.82 Å². The first kappa shape index (κ1) is 21.6. The lowest BCUT2D eigenvalue weighted by Gasteiger charge is -2.13. The van der Waals surface area contributed by atoms with E-state index in [1.165, 1.54) is 12.3 Å². The molecule has 2 aromatic heterocycles. The van der Waals surface area contributed by atoms with Crippen LogP contribution in [0.1, 0.15) is 50.9 Å². The Bertz CT molecular complexity index is 784. The molecule has 154 valence electrons. The fourth-order valence-corrected chi connectivity index (χ4v) is 2.31. The highest BCUT2D eigenvalue weighted by molar-refractivity contribution is 5.75. The van der Waals surface area contributed by atoms with Crippen LogP contribution in [-0.2, 0) is 22.8 Å². The molecule has 0 radical (unpaired) electrons. The molecular weight excluding hydrogens is 375 g/mol. The molecule has 2 N–H and O–H groups in total. The minimum absolute atomic E-state index is 0.129. The second-order valence-corrected chi connectivity index (χ2v) is 7.29. The third-order valence-corrected chi connectivity index (χ3v) is 3.79. The predicted octanol–water partition coefficient (Wildman–Crippen LogP) is 3.33. The van der Waals surface area contributed by atoms with Crippen molar-refractivity contribution in [3.8, 4) is 0 Å². The normalized spacial score (nSPS) is 12.1. The summed E-state index contributed by atoms with van der Waals surface area (Å²) in [6.45, 7) is 6.25. The molecule has 7 nitrogen and oxygen atoms in total. The van der Waals surface area contributed by atoms with Gasteiger partial charge in [-0.3, -0.25) is 4.79 Å². The van der Waals surface area contributed by atoms with Gasteiger partial charge >= 0.3 is 6.18 Å². The van der Waals surface area contributed by atoms with Gasteiger partial charge in [-0.25, -0.2) is 4.98 Å². The molecule has 0 saturated heterocycles. The summed E-state index contributed by atoms with van der Waals surface area (Å²) in [5, 5.41) is 9.16. The van der Waals surface area contributed by atoms with Gasteiger partial charge < -0.3 is 15.2 Å². The average molecular weight is 399 g/mol. The molecule has 0 aliphatic carbocycles. The van der Waals surface area contributed by atoms with E-state index in [1.54, 1.807) is 0 Å². The molecule has 2 heterocycles. The van der Waals surface area contributed by atoms with Crippen molar-refractivity contribution in [1.82, 2.24) is 20.4 Å². The van der Waals surface area contributed by atoms with E-state index in [0.29, 0.717) is 24.6 Å². The Morgan fingerprint density at radius 1 is 1.21 bits per heavy atom. The molecule has 0 aliphatic heterocycles. The van der Waals surface area contributed by atoms with E-state index >= 15 is 0 Å². The van der Waals surface area contributed by atoms with E-state index in [1.807, 2.05) is 20.8 Å². The van der Waals surface area contributed by atoms with E-state index in [2.05, 4.69) is 25.8 Å². The van der Waals surface area contributed by atoms with Crippen LogP contribution >= 0.6 is 0 Å². The number of aromatic nitrogens is 3. The van der Waals surface area contributed by atoms with Gasteiger partial charge in [-0.1, -0.05) is 25.9 Å². The maximum Gasteiger partial charge on any atom is 0.419 e. The minimum atomic E-state index is -4.48. The Kier molecular flexibility index (Phi) is 6.98. The van der Waals surface area contributed by atoms with Crippen LogP contribution in [0.2, 0.25) is 0 Å². The molecule has 0 unspecified atom stereocenters. The van der Waals surface area contributed by atoms with Gasteiger partial charge in [0.15, 0.2) is 5.82 Å². The number of nitrogens with zero attached hydrogens (tertiary/aromatic N) is 3. The first-order chi connectivity index (χ1) is 13.1. The van der Waals surface area contributed by atoms with Crippen molar-refractivity contribution in [3.63, 3.8) is 0 Å². The average Bonchev–Trinajstić information content (AvgIpc) is 3.07. The van der Waals surface area contributed by atoms with Crippen LogP contribution in [0, 0.1) is 0 Å². The number of amides is 1. The Hall–Kier alpha value is -2.65. The van der Waals surface area contributed by atoms with Gasteiger partial charge in [0.05, 0.1) is 5.56 Å². The van der Waals surface area contributed by atoms with Crippen molar-refractivity contribution >= 4 is 11.7 Å². The summed E-state index contributed by atoms with van der Waals surface area (Å²) in [6, 6.07) is 2.18. The zero-order valence-corrected chi connectivity index (χ0v) is 16.1. The van der Waals surface area contributed by atoms with Crippen LogP contribution in [0.3, 0.4) is 0 Å². The lowest BCUT2D eigenvalue weighted by molar-refractivity contribution is -0.137. The summed E-state index contributed by atoms with van der Waals surface area (Å²) in [5.74, 6) is 0.643. The number of hydrogen-bond donors (Lipinski definition) is 2. The Morgan fingerprint density at radius 2 is 1.96 bits per heavy atom. The van der Waals surface area contributed by atoms with Crippen LogP contribution < -0.4 is 10.6 Å². The Morgan fingerprint density at radius 3 is 2.61 bits per heavy atom. The molecule has 0 atom stereocenters. The zero-order chi connectivity index (χ0) is 20.8. The number of pyridine rings is 1. The van der Waals surface area contributed by atoms with Gasteiger partial charge in [-0.2, -0.15) is 18.2 Å². The van der Waals surface area contributed by atoms with E-state index in [-0.39, 0.29) is 36.7 Å². The maximum atomic E-state index is 12.9. The van der Waals surface area contributed by atoms with E-state index < -0.39 is 11.7 Å². The number of aryl methyl sites for hydroxylation is 1. The number of carbonyl (C=O) groups excluding carboxylic acids is 1. The highest BCUT2D eigenvalue weighted by atomic mass is 19.4. The smallest absolute Gasteiger partial charge is 0.368 e. The predicted molar refractivity (Wildman–Crippen MR) is 96.7 cm³/mol. The van der Waals surface area contributed by atoms with E-state index in [9.17, 15) is 18.0 Å². The monoisotopic (exact) mass is 399 g/mol. The minimum Gasteiger partial charge on any atom is -0.368 e. The second-order valence-electron chi connectivity index (χ2n) is 7.29. The van der Waals surface area contributed by atoms with Crippen molar-refractivity contribution in [1.29, 1.82) is 0 Å². The number of alkyl halides is 3. The van der Waals surface area contributed by atoms with Gasteiger partial charge in [0, 0.05) is 37.5 Å². The highest BCUT2D eigenvalue weighted by Crippen LogP contribution is 2.33. The molecule has 2 rings (SSSR count). The third-order valence-electron chi connectivity index (χ3n) is 3.79. The molecule has 1 amide bonds. The lowest BCUT2D eigenvalue weighted by atomic mass is 9.96. The molecular formula is C18H24F3N5O2. The molecule has 0 saturated carbocycles. The molecule has 28 heavy (non-hydrogen) atoms. The van der Waals surface area contributed by atoms with Crippen molar-refractivity contribution in [2.45, 2.75) is 51.6 Å². The van der Waals surface area contributed by atoms with Crippen molar-refractivity contribution in [2.24, 2.45) is 0 Å². The van der Waals surface area contributed by atoms with E-state index in [0.717, 1.165) is 6.07 Å². The fourth-order valence-electron chi connectivity index (χ4n) is 2.31. The van der Waals surface area contributed by atoms with Gasteiger partial charge in [-0.15, -0.1) is 0 Å². The zero-order valence-electron chi connectivity index (χ0n) is 16.1. The van der Waals surface area contributed by atoms with E-state index in [4.69, 9.17) is 4.52 Å². The highest BCUT2D eigenvalue weighted by Gasteiger charge is 2.33. The molecule has 0 fully saturated rings. The number of halogens is 3. The Balaban J connectivity index is 1.68. The third kappa shape index (κ3) is 6.50. The molecule has 10 heteroatoms. The summed E-state index contributed by atoms with van der Waals surface area (Å²) in [5.41, 5.74) is -1.04. The maximum absolute atomic E-state index is 12.9. The summed E-state index contributed by atoms with van der Waals surface area (Å²) in [7, 11) is 0. The number of anilines is 1. The quantitative estimate of drug-likeness (QED) is 0.662. The molecule has 0 spiro atoms. The fraction of sp³-hybridized carbons (Fsp3) is 0.556.